The van der Waals surface area contributed by atoms with E-state index in [2.05, 4.69) is 15.0 Å². The second-order valence-corrected chi connectivity index (χ2v) is 6.85. The highest BCUT2D eigenvalue weighted by Gasteiger charge is 2.17. The molecule has 0 bridgehead atoms. The number of rotatable bonds is 8. The fourth-order valence-electron chi connectivity index (χ4n) is 2.38. The van der Waals surface area contributed by atoms with Crippen molar-refractivity contribution >= 4 is 40.4 Å². The number of fused-ring (bicyclic) bond motifs is 1. The maximum absolute atomic E-state index is 12.8. The number of methoxy groups -OCH3 is 1. The molecule has 150 valence electrons. The highest BCUT2D eigenvalue weighted by molar-refractivity contribution is 7.99. The Hall–Kier alpha value is -2.88. The average Bonchev–Trinajstić information content (AvgIpc) is 2.70. The van der Waals surface area contributed by atoms with E-state index < -0.39 is 5.97 Å². The lowest BCUT2D eigenvalue weighted by molar-refractivity contribution is -0.140. The Morgan fingerprint density at radius 1 is 1.29 bits per heavy atom. The molecular formula is C18H22N4O5S. The normalized spacial score (nSPS) is 10.5. The summed E-state index contributed by atoms with van der Waals surface area (Å²) in [6.45, 7) is 0.0319. The Bertz CT molecular complexity index is 943. The Morgan fingerprint density at radius 2 is 2.00 bits per heavy atom. The number of carbonyl (C=O) groups is 3. The third-order valence-corrected chi connectivity index (χ3v) is 4.97. The Morgan fingerprint density at radius 3 is 2.68 bits per heavy atom. The van der Waals surface area contributed by atoms with Crippen molar-refractivity contribution < 1.29 is 19.1 Å². The van der Waals surface area contributed by atoms with Crippen LogP contribution in [0.2, 0.25) is 0 Å². The van der Waals surface area contributed by atoms with Gasteiger partial charge in [0.2, 0.25) is 11.8 Å². The summed E-state index contributed by atoms with van der Waals surface area (Å²) in [5.41, 5.74) is 0.221. The monoisotopic (exact) mass is 406 g/mol. The molecule has 0 saturated heterocycles. The molecule has 0 aliphatic carbocycles. The van der Waals surface area contributed by atoms with Gasteiger partial charge in [-0.3, -0.25) is 23.7 Å². The Labute approximate surface area is 166 Å². The van der Waals surface area contributed by atoms with Crippen LogP contribution >= 0.6 is 11.8 Å². The summed E-state index contributed by atoms with van der Waals surface area (Å²) in [4.78, 5) is 53.8. The van der Waals surface area contributed by atoms with Crippen LogP contribution in [0.25, 0.3) is 10.9 Å². The number of ether oxygens (including phenoxy) is 1. The summed E-state index contributed by atoms with van der Waals surface area (Å²) in [6.07, 6.45) is 0.00844. The van der Waals surface area contributed by atoms with Crippen molar-refractivity contribution in [3.05, 3.63) is 34.6 Å². The van der Waals surface area contributed by atoms with Gasteiger partial charge in [0.05, 0.1) is 36.7 Å². The van der Waals surface area contributed by atoms with Crippen molar-refractivity contribution in [1.82, 2.24) is 19.8 Å². The van der Waals surface area contributed by atoms with Crippen molar-refractivity contribution in [1.29, 1.82) is 0 Å². The van der Waals surface area contributed by atoms with E-state index in [1.807, 2.05) is 0 Å². The number of thioether (sulfide) groups is 1. The molecule has 0 unspecified atom stereocenters. The van der Waals surface area contributed by atoms with E-state index in [9.17, 15) is 19.2 Å². The van der Waals surface area contributed by atoms with E-state index in [4.69, 9.17) is 0 Å². The van der Waals surface area contributed by atoms with Gasteiger partial charge < -0.3 is 15.0 Å². The molecule has 0 aliphatic rings. The van der Waals surface area contributed by atoms with Gasteiger partial charge >= 0.3 is 5.97 Å². The minimum Gasteiger partial charge on any atom is -0.469 e. The van der Waals surface area contributed by atoms with Crippen LogP contribution in [0.1, 0.15) is 6.42 Å². The van der Waals surface area contributed by atoms with Gasteiger partial charge in [-0.1, -0.05) is 23.9 Å². The molecule has 1 N–H and O–H groups in total. The number of hydrogen-bond acceptors (Lipinski definition) is 7. The van der Waals surface area contributed by atoms with Gasteiger partial charge in [0.15, 0.2) is 5.16 Å². The first kappa shape index (κ1) is 21.4. The number of para-hydroxylation sites is 1. The van der Waals surface area contributed by atoms with E-state index in [0.29, 0.717) is 16.1 Å². The van der Waals surface area contributed by atoms with Crippen molar-refractivity contribution in [2.75, 3.05) is 33.5 Å². The number of carbonyl (C=O) groups excluding carboxylic acids is 3. The van der Waals surface area contributed by atoms with Crippen LogP contribution in [-0.4, -0.2) is 65.7 Å². The van der Waals surface area contributed by atoms with Gasteiger partial charge in [-0.25, -0.2) is 4.98 Å². The summed E-state index contributed by atoms with van der Waals surface area (Å²) in [7, 11) is 4.30. The molecule has 10 heteroatoms. The lowest BCUT2D eigenvalue weighted by atomic mass is 10.2. The van der Waals surface area contributed by atoms with Crippen LogP contribution in [0.4, 0.5) is 0 Å². The smallest absolute Gasteiger partial charge is 0.307 e. The van der Waals surface area contributed by atoms with Crippen molar-refractivity contribution in [2.45, 2.75) is 18.1 Å². The molecule has 1 heterocycles. The number of nitrogens with one attached hydrogen (secondary N) is 1. The standard InChI is InChI=1S/C18H22N4O5S/c1-19-14(23)10-21(2)15(24)11-28-18-20-13-7-5-4-6-12(13)17(26)22(18)9-8-16(25)27-3/h4-7H,8-11H2,1-3H3,(H,19,23). The third-order valence-electron chi connectivity index (χ3n) is 4.00. The van der Waals surface area contributed by atoms with E-state index in [0.717, 1.165) is 11.8 Å². The van der Waals surface area contributed by atoms with Gasteiger partial charge in [0.25, 0.3) is 5.56 Å². The predicted molar refractivity (Wildman–Crippen MR) is 105 cm³/mol. The van der Waals surface area contributed by atoms with E-state index >= 15 is 0 Å². The molecule has 0 radical (unpaired) electrons. The zero-order chi connectivity index (χ0) is 20.7. The third kappa shape index (κ3) is 5.32. The van der Waals surface area contributed by atoms with Crippen LogP contribution in [0, 0.1) is 0 Å². The molecule has 2 rings (SSSR count). The van der Waals surface area contributed by atoms with Crippen LogP contribution in [0.5, 0.6) is 0 Å². The number of nitrogens with zero attached hydrogens (tertiary/aromatic N) is 3. The summed E-state index contributed by atoms with van der Waals surface area (Å²) >= 11 is 1.08. The number of hydrogen-bond donors (Lipinski definition) is 1. The highest BCUT2D eigenvalue weighted by atomic mass is 32.2. The molecule has 9 nitrogen and oxygen atoms in total. The topological polar surface area (TPSA) is 111 Å². The highest BCUT2D eigenvalue weighted by Crippen LogP contribution is 2.18. The van der Waals surface area contributed by atoms with Crippen molar-refractivity contribution in [3.63, 3.8) is 0 Å². The zero-order valence-electron chi connectivity index (χ0n) is 15.9. The molecule has 1 aromatic heterocycles. The van der Waals surface area contributed by atoms with E-state index in [-0.39, 0.29) is 42.6 Å². The first-order chi connectivity index (χ1) is 13.4. The molecule has 2 amide bonds. The summed E-state index contributed by atoms with van der Waals surface area (Å²) in [5, 5.41) is 3.21. The van der Waals surface area contributed by atoms with Crippen LogP contribution in [0.15, 0.2) is 34.2 Å². The number of likely N-dealkylation sites (N-methyl/N-ethyl adjacent to an activating group) is 2. The van der Waals surface area contributed by atoms with Gasteiger partial charge in [-0.2, -0.15) is 0 Å². The van der Waals surface area contributed by atoms with Crippen LogP contribution in [0.3, 0.4) is 0 Å². The van der Waals surface area contributed by atoms with Crippen LogP contribution in [-0.2, 0) is 25.7 Å². The fourth-order valence-corrected chi connectivity index (χ4v) is 3.35. The van der Waals surface area contributed by atoms with Crippen molar-refractivity contribution in [3.8, 4) is 0 Å². The van der Waals surface area contributed by atoms with Gasteiger partial charge in [0, 0.05) is 20.6 Å². The van der Waals surface area contributed by atoms with Gasteiger partial charge in [0.1, 0.15) is 0 Å². The Kier molecular flexibility index (Phi) is 7.56. The predicted octanol–water partition coefficient (Wildman–Crippen LogP) is 0.256. The summed E-state index contributed by atoms with van der Waals surface area (Å²) < 4.78 is 6.01. The molecule has 0 spiro atoms. The first-order valence-electron chi connectivity index (χ1n) is 8.51. The van der Waals surface area contributed by atoms with Crippen molar-refractivity contribution in [2.24, 2.45) is 0 Å². The van der Waals surface area contributed by atoms with Gasteiger partial charge in [-0.05, 0) is 12.1 Å². The molecule has 0 fully saturated rings. The quantitative estimate of drug-likeness (QED) is 0.380. The second kappa shape index (κ2) is 9.88. The zero-order valence-corrected chi connectivity index (χ0v) is 16.7. The SMILES string of the molecule is CNC(=O)CN(C)C(=O)CSc1nc2ccccc2c(=O)n1CCC(=O)OC. The number of amides is 2. The minimum atomic E-state index is -0.447. The summed E-state index contributed by atoms with van der Waals surface area (Å²) in [6, 6.07) is 6.88. The molecular weight excluding hydrogens is 384 g/mol. The number of esters is 1. The largest absolute Gasteiger partial charge is 0.469 e. The fraction of sp³-hybridized carbons (Fsp3) is 0.389. The molecule has 28 heavy (non-hydrogen) atoms. The minimum absolute atomic E-state index is 0.00347. The second-order valence-electron chi connectivity index (χ2n) is 5.91. The maximum atomic E-state index is 12.8. The maximum Gasteiger partial charge on any atom is 0.307 e. The lowest BCUT2D eigenvalue weighted by Crippen LogP contribution is -2.37. The summed E-state index contributed by atoms with van der Waals surface area (Å²) in [5.74, 6) is -1.01. The molecule has 0 atom stereocenters. The molecule has 0 aliphatic heterocycles. The van der Waals surface area contributed by atoms with E-state index in [1.54, 1.807) is 24.3 Å². The van der Waals surface area contributed by atoms with E-state index in [1.165, 1.54) is 30.7 Å². The first-order valence-corrected chi connectivity index (χ1v) is 9.49. The molecule has 0 saturated carbocycles. The average molecular weight is 406 g/mol. The van der Waals surface area contributed by atoms with Crippen LogP contribution < -0.4 is 10.9 Å². The molecule has 1 aromatic carbocycles. The Balaban J connectivity index is 2.26. The van der Waals surface area contributed by atoms with Gasteiger partial charge in [-0.15, -0.1) is 0 Å². The molecule has 2 aromatic rings. The number of aromatic nitrogens is 2. The lowest BCUT2D eigenvalue weighted by Gasteiger charge is -2.17. The number of benzene rings is 1.